The zero-order chi connectivity index (χ0) is 12.1. The third-order valence-electron chi connectivity index (χ3n) is 4.19. The van der Waals surface area contributed by atoms with Gasteiger partial charge in [0.25, 0.3) is 0 Å². The molecule has 3 heterocycles. The normalized spacial score (nSPS) is 27.4. The minimum atomic E-state index is 0.598. The highest BCUT2D eigenvalue weighted by atomic mass is 35.5. The molecule has 2 bridgehead atoms. The number of halogens is 1. The maximum Gasteiger partial charge on any atom is 0.145 e. The van der Waals surface area contributed by atoms with Gasteiger partial charge in [0, 0.05) is 18.0 Å². The molecule has 94 valence electrons. The van der Waals surface area contributed by atoms with Crippen LogP contribution in [0.1, 0.15) is 25.1 Å². The van der Waals surface area contributed by atoms with Crippen molar-refractivity contribution in [3.05, 3.63) is 22.4 Å². The maximum absolute atomic E-state index is 6.21. The molecule has 2 aromatic heterocycles. The number of nitrogens with zero attached hydrogens (tertiary/aromatic N) is 3. The number of aromatic nitrogens is 2. The quantitative estimate of drug-likeness (QED) is 0.790. The Morgan fingerprint density at radius 2 is 2.33 bits per heavy atom. The Balaban J connectivity index is 1.63. The van der Waals surface area contributed by atoms with Crippen molar-refractivity contribution in [3.63, 3.8) is 0 Å². The zero-order valence-corrected chi connectivity index (χ0v) is 11.5. The van der Waals surface area contributed by atoms with E-state index in [4.69, 9.17) is 11.6 Å². The molecule has 2 aromatic rings. The lowest BCUT2D eigenvalue weighted by molar-refractivity contribution is 0.201. The average molecular weight is 280 g/mol. The van der Waals surface area contributed by atoms with Gasteiger partial charge in [-0.2, -0.15) is 0 Å². The van der Waals surface area contributed by atoms with Crippen LogP contribution >= 0.6 is 22.9 Å². The number of hydrogen-bond acceptors (Lipinski definition) is 4. The summed E-state index contributed by atoms with van der Waals surface area (Å²) in [6, 6.07) is 2.75. The van der Waals surface area contributed by atoms with Gasteiger partial charge >= 0.3 is 0 Å². The largest absolute Gasteiger partial charge is 0.293 e. The second kappa shape index (κ2) is 4.15. The number of thiophene rings is 1. The molecule has 1 aliphatic heterocycles. The van der Waals surface area contributed by atoms with Crippen molar-refractivity contribution in [3.8, 4) is 0 Å². The van der Waals surface area contributed by atoms with E-state index in [1.165, 1.54) is 25.8 Å². The van der Waals surface area contributed by atoms with Crippen LogP contribution in [0, 0.1) is 5.92 Å². The SMILES string of the molecule is Clc1nc(CN2CC3CCC2C3)nc2sccc12. The summed E-state index contributed by atoms with van der Waals surface area (Å²) in [5, 5.41) is 3.60. The third-order valence-corrected chi connectivity index (χ3v) is 5.29. The number of likely N-dealkylation sites (tertiary alicyclic amines) is 1. The van der Waals surface area contributed by atoms with Crippen LogP contribution in [0.5, 0.6) is 0 Å². The fourth-order valence-corrected chi connectivity index (χ4v) is 4.42. The van der Waals surface area contributed by atoms with Crippen molar-refractivity contribution in [2.24, 2.45) is 5.92 Å². The Kier molecular flexibility index (Phi) is 2.57. The van der Waals surface area contributed by atoms with Crippen LogP contribution in [-0.2, 0) is 6.54 Å². The second-order valence-electron chi connectivity index (χ2n) is 5.33. The second-order valence-corrected chi connectivity index (χ2v) is 6.58. The van der Waals surface area contributed by atoms with E-state index in [-0.39, 0.29) is 0 Å². The van der Waals surface area contributed by atoms with E-state index in [1.54, 1.807) is 11.3 Å². The van der Waals surface area contributed by atoms with E-state index < -0.39 is 0 Å². The van der Waals surface area contributed by atoms with Crippen molar-refractivity contribution >= 4 is 33.2 Å². The van der Waals surface area contributed by atoms with Crippen LogP contribution in [0.4, 0.5) is 0 Å². The lowest BCUT2D eigenvalue weighted by atomic mass is 10.1. The molecule has 5 heteroatoms. The monoisotopic (exact) mass is 279 g/mol. The van der Waals surface area contributed by atoms with E-state index in [0.717, 1.165) is 34.5 Å². The van der Waals surface area contributed by atoms with Gasteiger partial charge < -0.3 is 0 Å². The first kappa shape index (κ1) is 11.1. The van der Waals surface area contributed by atoms with Crippen LogP contribution in [0.15, 0.2) is 11.4 Å². The highest BCUT2D eigenvalue weighted by Gasteiger charge is 2.37. The van der Waals surface area contributed by atoms with Crippen LogP contribution < -0.4 is 0 Å². The fourth-order valence-electron chi connectivity index (χ4n) is 3.33. The molecule has 2 atom stereocenters. The molecule has 0 N–H and O–H groups in total. The zero-order valence-electron chi connectivity index (χ0n) is 9.97. The Morgan fingerprint density at radius 1 is 1.39 bits per heavy atom. The molecule has 4 rings (SSSR count). The first-order valence-electron chi connectivity index (χ1n) is 6.43. The highest BCUT2D eigenvalue weighted by molar-refractivity contribution is 7.16. The molecule has 2 aliphatic rings. The van der Waals surface area contributed by atoms with E-state index in [1.807, 2.05) is 11.4 Å². The van der Waals surface area contributed by atoms with Crippen LogP contribution in [0.25, 0.3) is 10.2 Å². The van der Waals surface area contributed by atoms with Crippen LogP contribution in [-0.4, -0.2) is 27.5 Å². The Morgan fingerprint density at radius 3 is 3.11 bits per heavy atom. The van der Waals surface area contributed by atoms with Gasteiger partial charge in [-0.15, -0.1) is 11.3 Å². The molecular formula is C13H14ClN3S. The molecule has 0 amide bonds. The predicted octanol–water partition coefficient (Wildman–Crippen LogP) is 3.33. The van der Waals surface area contributed by atoms with Crippen LogP contribution in [0.3, 0.4) is 0 Å². The van der Waals surface area contributed by atoms with Crippen molar-refractivity contribution in [2.75, 3.05) is 6.54 Å². The summed E-state index contributed by atoms with van der Waals surface area (Å²) < 4.78 is 0. The standard InChI is InChI=1S/C13H14ClN3S/c14-12-10-3-4-18-13(10)16-11(15-12)7-17-6-8-1-2-9(17)5-8/h3-4,8-9H,1-2,5-7H2. The van der Waals surface area contributed by atoms with Gasteiger partial charge in [-0.3, -0.25) is 4.90 Å². The summed E-state index contributed by atoms with van der Waals surface area (Å²) in [4.78, 5) is 12.6. The van der Waals surface area contributed by atoms with Gasteiger partial charge in [-0.25, -0.2) is 9.97 Å². The Hall–Kier alpha value is -0.710. The van der Waals surface area contributed by atoms with Crippen molar-refractivity contribution in [1.29, 1.82) is 0 Å². The van der Waals surface area contributed by atoms with Crippen LogP contribution in [0.2, 0.25) is 5.15 Å². The molecule has 2 fully saturated rings. The summed E-state index contributed by atoms with van der Waals surface area (Å²) in [7, 11) is 0. The lowest BCUT2D eigenvalue weighted by Crippen LogP contribution is -2.32. The molecular weight excluding hydrogens is 266 g/mol. The molecule has 0 aromatic carbocycles. The van der Waals surface area contributed by atoms with Gasteiger partial charge in [-0.05, 0) is 36.6 Å². The summed E-state index contributed by atoms with van der Waals surface area (Å²) in [6.45, 7) is 2.07. The molecule has 0 radical (unpaired) electrons. The van der Waals surface area contributed by atoms with E-state index in [9.17, 15) is 0 Å². The van der Waals surface area contributed by atoms with Gasteiger partial charge in [0.15, 0.2) is 0 Å². The first-order chi connectivity index (χ1) is 8.79. The molecule has 18 heavy (non-hydrogen) atoms. The van der Waals surface area contributed by atoms with Gasteiger partial charge in [-0.1, -0.05) is 11.6 Å². The van der Waals surface area contributed by atoms with E-state index in [2.05, 4.69) is 14.9 Å². The van der Waals surface area contributed by atoms with Gasteiger partial charge in [0.2, 0.25) is 0 Å². The summed E-state index contributed by atoms with van der Waals surface area (Å²) >= 11 is 7.84. The lowest BCUT2D eigenvalue weighted by Gasteiger charge is -2.25. The topological polar surface area (TPSA) is 29.0 Å². The highest BCUT2D eigenvalue weighted by Crippen LogP contribution is 2.38. The van der Waals surface area contributed by atoms with E-state index in [0.29, 0.717) is 5.15 Å². The third kappa shape index (κ3) is 1.75. The van der Waals surface area contributed by atoms with E-state index >= 15 is 0 Å². The minimum Gasteiger partial charge on any atom is -0.293 e. The number of fused-ring (bicyclic) bond motifs is 3. The Labute approximate surface area is 115 Å². The van der Waals surface area contributed by atoms with Crippen molar-refractivity contribution in [1.82, 2.24) is 14.9 Å². The number of rotatable bonds is 2. The number of piperidine rings is 1. The smallest absolute Gasteiger partial charge is 0.145 e. The molecule has 0 spiro atoms. The van der Waals surface area contributed by atoms with Crippen molar-refractivity contribution < 1.29 is 0 Å². The summed E-state index contributed by atoms with van der Waals surface area (Å²) in [5.41, 5.74) is 0. The van der Waals surface area contributed by atoms with Gasteiger partial charge in [0.1, 0.15) is 15.8 Å². The van der Waals surface area contributed by atoms with Crippen molar-refractivity contribution in [2.45, 2.75) is 31.8 Å². The molecule has 1 saturated carbocycles. The molecule has 2 unspecified atom stereocenters. The summed E-state index contributed by atoms with van der Waals surface area (Å²) in [6.07, 6.45) is 4.13. The average Bonchev–Trinajstić information content (AvgIpc) is 3.02. The maximum atomic E-state index is 6.21. The minimum absolute atomic E-state index is 0.598. The van der Waals surface area contributed by atoms with Gasteiger partial charge in [0.05, 0.1) is 6.54 Å². The Bertz CT molecular complexity index is 597. The molecule has 1 aliphatic carbocycles. The number of hydrogen-bond donors (Lipinski definition) is 0. The molecule has 1 saturated heterocycles. The predicted molar refractivity (Wildman–Crippen MR) is 74.0 cm³/mol. The molecule has 3 nitrogen and oxygen atoms in total. The fraction of sp³-hybridized carbons (Fsp3) is 0.538. The summed E-state index contributed by atoms with van der Waals surface area (Å²) in [5.74, 6) is 1.79. The first-order valence-corrected chi connectivity index (χ1v) is 7.69.